The number of hydrogen-bond acceptors (Lipinski definition) is 4. The zero-order valence-electron chi connectivity index (χ0n) is 8.92. The van der Waals surface area contributed by atoms with Gasteiger partial charge < -0.3 is 15.4 Å². The molecule has 0 radical (unpaired) electrons. The zero-order valence-corrected chi connectivity index (χ0v) is 8.92. The average Bonchev–Trinajstić information content (AvgIpc) is 2.16. The number of amides is 1. The number of methoxy groups -OCH3 is 1. The summed E-state index contributed by atoms with van der Waals surface area (Å²) in [6.07, 6.45) is 1.18. The van der Waals surface area contributed by atoms with Crippen LogP contribution in [0, 0.1) is 0 Å². The Balaban J connectivity index is 3.65. The van der Waals surface area contributed by atoms with Gasteiger partial charge in [-0.25, -0.2) is 4.79 Å². The second-order valence-electron chi connectivity index (χ2n) is 3.02. The normalized spacial score (nSPS) is 11.9. The molecule has 82 valence electrons. The third kappa shape index (κ3) is 5.53. The van der Waals surface area contributed by atoms with E-state index in [9.17, 15) is 9.59 Å². The van der Waals surface area contributed by atoms with Crippen molar-refractivity contribution in [2.75, 3.05) is 20.7 Å². The SMILES string of the molecule is CNCCCC(=O)NC(C)C(=O)OC. The fraction of sp³-hybridized carbons (Fsp3) is 0.778. The predicted molar refractivity (Wildman–Crippen MR) is 52.8 cm³/mol. The number of carbonyl (C=O) groups is 2. The molecule has 0 aromatic rings. The van der Waals surface area contributed by atoms with Crippen molar-refractivity contribution < 1.29 is 14.3 Å². The molecule has 1 unspecified atom stereocenters. The van der Waals surface area contributed by atoms with Crippen LogP contribution in [0.1, 0.15) is 19.8 Å². The van der Waals surface area contributed by atoms with Crippen molar-refractivity contribution in [1.29, 1.82) is 0 Å². The summed E-state index contributed by atoms with van der Waals surface area (Å²) in [5.74, 6) is -0.551. The molecule has 0 aromatic carbocycles. The minimum Gasteiger partial charge on any atom is -0.467 e. The summed E-state index contributed by atoms with van der Waals surface area (Å²) >= 11 is 0. The van der Waals surface area contributed by atoms with Gasteiger partial charge in [-0.2, -0.15) is 0 Å². The minimum atomic E-state index is -0.568. The van der Waals surface area contributed by atoms with Crippen LogP contribution < -0.4 is 10.6 Å². The summed E-state index contributed by atoms with van der Waals surface area (Å²) in [6, 6.07) is -0.568. The van der Waals surface area contributed by atoms with E-state index in [1.807, 2.05) is 7.05 Å². The van der Waals surface area contributed by atoms with E-state index >= 15 is 0 Å². The van der Waals surface area contributed by atoms with Crippen LogP contribution in [0.2, 0.25) is 0 Å². The van der Waals surface area contributed by atoms with Gasteiger partial charge in [0, 0.05) is 6.42 Å². The molecule has 0 saturated heterocycles. The van der Waals surface area contributed by atoms with Gasteiger partial charge in [0.1, 0.15) is 6.04 Å². The highest BCUT2D eigenvalue weighted by Crippen LogP contribution is 1.91. The van der Waals surface area contributed by atoms with Crippen molar-refractivity contribution in [2.24, 2.45) is 0 Å². The molecule has 0 aliphatic rings. The molecule has 1 atom stereocenters. The maximum absolute atomic E-state index is 11.2. The first-order valence-electron chi connectivity index (χ1n) is 4.63. The Hall–Kier alpha value is -1.10. The van der Waals surface area contributed by atoms with Crippen LogP contribution in [0.3, 0.4) is 0 Å². The van der Waals surface area contributed by atoms with E-state index in [0.717, 1.165) is 13.0 Å². The summed E-state index contributed by atoms with van der Waals surface area (Å²) < 4.78 is 4.47. The Bertz CT molecular complexity index is 194. The molecule has 0 fully saturated rings. The van der Waals surface area contributed by atoms with E-state index in [2.05, 4.69) is 15.4 Å². The van der Waals surface area contributed by atoms with Crippen LogP contribution in [-0.2, 0) is 14.3 Å². The molecule has 0 aliphatic heterocycles. The van der Waals surface area contributed by atoms with Crippen LogP contribution in [-0.4, -0.2) is 38.6 Å². The van der Waals surface area contributed by atoms with E-state index in [1.54, 1.807) is 6.92 Å². The van der Waals surface area contributed by atoms with Gasteiger partial charge in [-0.15, -0.1) is 0 Å². The number of carbonyl (C=O) groups excluding carboxylic acids is 2. The van der Waals surface area contributed by atoms with E-state index < -0.39 is 12.0 Å². The van der Waals surface area contributed by atoms with E-state index in [-0.39, 0.29) is 5.91 Å². The molecule has 5 nitrogen and oxygen atoms in total. The molecular weight excluding hydrogens is 184 g/mol. The summed E-state index contributed by atoms with van der Waals surface area (Å²) in [6.45, 7) is 2.39. The van der Waals surface area contributed by atoms with Gasteiger partial charge >= 0.3 is 5.97 Å². The fourth-order valence-corrected chi connectivity index (χ4v) is 0.975. The molecule has 0 saturated carbocycles. The highest BCUT2D eigenvalue weighted by atomic mass is 16.5. The van der Waals surface area contributed by atoms with Crippen LogP contribution in [0.4, 0.5) is 0 Å². The summed E-state index contributed by atoms with van der Waals surface area (Å²) in [7, 11) is 3.13. The first kappa shape index (κ1) is 12.9. The maximum atomic E-state index is 11.2. The van der Waals surface area contributed by atoms with Crippen LogP contribution >= 0.6 is 0 Å². The number of ether oxygens (including phenoxy) is 1. The second-order valence-corrected chi connectivity index (χ2v) is 3.02. The monoisotopic (exact) mass is 202 g/mol. The molecule has 0 rings (SSSR count). The highest BCUT2D eigenvalue weighted by Gasteiger charge is 2.14. The molecule has 0 bridgehead atoms. The van der Waals surface area contributed by atoms with Gasteiger partial charge in [0.05, 0.1) is 7.11 Å². The fourth-order valence-electron chi connectivity index (χ4n) is 0.975. The number of esters is 1. The third-order valence-corrected chi connectivity index (χ3v) is 1.76. The quantitative estimate of drug-likeness (QED) is 0.457. The Morgan fingerprint density at radius 3 is 2.57 bits per heavy atom. The average molecular weight is 202 g/mol. The lowest BCUT2D eigenvalue weighted by Crippen LogP contribution is -2.39. The largest absolute Gasteiger partial charge is 0.467 e. The van der Waals surface area contributed by atoms with E-state index in [1.165, 1.54) is 7.11 Å². The molecule has 14 heavy (non-hydrogen) atoms. The lowest BCUT2D eigenvalue weighted by Gasteiger charge is -2.11. The summed E-state index contributed by atoms with van der Waals surface area (Å²) in [5.41, 5.74) is 0. The molecule has 2 N–H and O–H groups in total. The minimum absolute atomic E-state index is 0.127. The smallest absolute Gasteiger partial charge is 0.328 e. The molecule has 5 heteroatoms. The summed E-state index contributed by atoms with van der Waals surface area (Å²) in [5, 5.41) is 5.49. The second kappa shape index (κ2) is 7.32. The first-order chi connectivity index (χ1) is 6.61. The van der Waals surface area contributed by atoms with E-state index in [4.69, 9.17) is 0 Å². The van der Waals surface area contributed by atoms with Gasteiger partial charge in [0.25, 0.3) is 0 Å². The van der Waals surface area contributed by atoms with Crippen molar-refractivity contribution in [2.45, 2.75) is 25.8 Å². The topological polar surface area (TPSA) is 67.4 Å². The molecule has 1 amide bonds. The van der Waals surface area contributed by atoms with Crippen molar-refractivity contribution in [1.82, 2.24) is 10.6 Å². The van der Waals surface area contributed by atoms with Crippen molar-refractivity contribution in [3.63, 3.8) is 0 Å². The van der Waals surface area contributed by atoms with Gasteiger partial charge in [-0.3, -0.25) is 4.79 Å². The molecular formula is C9H18N2O3. The van der Waals surface area contributed by atoms with Crippen molar-refractivity contribution in [3.8, 4) is 0 Å². The number of hydrogen-bond donors (Lipinski definition) is 2. The first-order valence-corrected chi connectivity index (χ1v) is 4.63. The molecule has 0 aliphatic carbocycles. The van der Waals surface area contributed by atoms with Crippen molar-refractivity contribution in [3.05, 3.63) is 0 Å². The number of nitrogens with one attached hydrogen (secondary N) is 2. The Morgan fingerprint density at radius 2 is 2.07 bits per heavy atom. The lowest BCUT2D eigenvalue weighted by atomic mass is 10.2. The Morgan fingerprint density at radius 1 is 1.43 bits per heavy atom. The van der Waals surface area contributed by atoms with E-state index in [0.29, 0.717) is 6.42 Å². The van der Waals surface area contributed by atoms with Gasteiger partial charge in [0.15, 0.2) is 0 Å². The zero-order chi connectivity index (χ0) is 11.0. The Kier molecular flexibility index (Phi) is 6.74. The van der Waals surface area contributed by atoms with Gasteiger partial charge in [0.2, 0.25) is 5.91 Å². The molecule has 0 heterocycles. The van der Waals surface area contributed by atoms with Crippen LogP contribution in [0.15, 0.2) is 0 Å². The Labute approximate surface area is 84.2 Å². The third-order valence-electron chi connectivity index (χ3n) is 1.76. The van der Waals surface area contributed by atoms with Crippen molar-refractivity contribution >= 4 is 11.9 Å². The highest BCUT2D eigenvalue weighted by molar-refractivity contribution is 5.83. The maximum Gasteiger partial charge on any atom is 0.328 e. The van der Waals surface area contributed by atoms with Gasteiger partial charge in [-0.1, -0.05) is 0 Å². The predicted octanol–water partition coefficient (Wildman–Crippen LogP) is -0.336. The van der Waals surface area contributed by atoms with Crippen LogP contribution in [0.5, 0.6) is 0 Å². The number of rotatable bonds is 6. The molecule has 0 aromatic heterocycles. The summed E-state index contributed by atoms with van der Waals surface area (Å²) in [4.78, 5) is 22.1. The van der Waals surface area contributed by atoms with Crippen LogP contribution in [0.25, 0.3) is 0 Å². The lowest BCUT2D eigenvalue weighted by molar-refractivity contribution is -0.144. The van der Waals surface area contributed by atoms with Gasteiger partial charge in [-0.05, 0) is 26.9 Å². The standard InChI is InChI=1S/C9H18N2O3/c1-7(9(13)14-3)11-8(12)5-4-6-10-2/h7,10H,4-6H2,1-3H3,(H,11,12). The molecule has 0 spiro atoms.